The average molecular weight is 248 g/mol. The lowest BCUT2D eigenvalue weighted by molar-refractivity contribution is 0.0744. The van der Waals surface area contributed by atoms with Crippen molar-refractivity contribution < 1.29 is 0 Å². The molecule has 1 aliphatic heterocycles. The number of nitrogens with two attached hydrogens (primary N) is 1. The molecule has 7 atom stereocenters. The maximum atomic E-state index is 6.16. The van der Waals surface area contributed by atoms with Crippen molar-refractivity contribution in [1.29, 1.82) is 0 Å². The van der Waals surface area contributed by atoms with E-state index >= 15 is 0 Å². The van der Waals surface area contributed by atoms with E-state index in [0.29, 0.717) is 0 Å². The number of hydrogen-bond donors (Lipinski definition) is 2. The van der Waals surface area contributed by atoms with Crippen molar-refractivity contribution in [2.75, 3.05) is 0 Å². The molecule has 7 unspecified atom stereocenters. The fourth-order valence-electron chi connectivity index (χ4n) is 6.02. The van der Waals surface area contributed by atoms with Crippen LogP contribution >= 0.6 is 0 Å². The molecule has 4 fully saturated rings. The zero-order chi connectivity index (χ0) is 12.1. The highest BCUT2D eigenvalue weighted by Crippen LogP contribution is 2.56. The summed E-state index contributed by atoms with van der Waals surface area (Å²) in [5.41, 5.74) is 6.16. The normalized spacial score (nSPS) is 55.5. The summed E-state index contributed by atoms with van der Waals surface area (Å²) in [6.07, 6.45) is 13.5. The fourth-order valence-corrected chi connectivity index (χ4v) is 6.02. The molecule has 0 aromatic carbocycles. The third-order valence-electron chi connectivity index (χ3n) is 6.74. The summed E-state index contributed by atoms with van der Waals surface area (Å²) in [5, 5.41) is 3.78. The molecule has 0 spiro atoms. The quantitative estimate of drug-likeness (QED) is 0.692. The Morgan fingerprint density at radius 3 is 2.50 bits per heavy atom. The molecular formula is C16H28N2. The Kier molecular flexibility index (Phi) is 2.92. The summed E-state index contributed by atoms with van der Waals surface area (Å²) in [6.45, 7) is 0. The van der Waals surface area contributed by atoms with Gasteiger partial charge in [-0.1, -0.05) is 19.3 Å². The lowest BCUT2D eigenvalue weighted by Gasteiger charge is -2.46. The second-order valence-electron chi connectivity index (χ2n) is 7.49. The van der Waals surface area contributed by atoms with E-state index in [1.165, 1.54) is 57.8 Å². The van der Waals surface area contributed by atoms with Crippen LogP contribution in [0.15, 0.2) is 0 Å². The maximum absolute atomic E-state index is 6.16. The molecule has 0 amide bonds. The third-order valence-corrected chi connectivity index (χ3v) is 6.74. The summed E-state index contributed by atoms with van der Waals surface area (Å²) < 4.78 is 0. The first-order valence-electron chi connectivity index (χ1n) is 8.34. The molecule has 102 valence electrons. The minimum Gasteiger partial charge on any atom is -0.316 e. The molecule has 2 heteroatoms. The summed E-state index contributed by atoms with van der Waals surface area (Å²) in [5.74, 6) is 5.14. The van der Waals surface area contributed by atoms with Crippen molar-refractivity contribution >= 4 is 0 Å². The smallest absolute Gasteiger partial charge is 0.0548 e. The summed E-state index contributed by atoms with van der Waals surface area (Å²) in [4.78, 5) is 0. The SMILES string of the molecule is NC1CCC2CCC3C4CCCCC4CC3C2N1. The predicted octanol–water partition coefficient (Wildman–Crippen LogP) is 2.88. The van der Waals surface area contributed by atoms with E-state index in [2.05, 4.69) is 5.32 Å². The zero-order valence-electron chi connectivity index (χ0n) is 11.5. The van der Waals surface area contributed by atoms with E-state index in [1.54, 1.807) is 0 Å². The van der Waals surface area contributed by atoms with E-state index in [0.717, 1.165) is 35.6 Å². The van der Waals surface area contributed by atoms with Gasteiger partial charge in [-0.25, -0.2) is 0 Å². The molecule has 4 aliphatic rings. The van der Waals surface area contributed by atoms with Crippen LogP contribution in [-0.4, -0.2) is 12.2 Å². The fraction of sp³-hybridized carbons (Fsp3) is 1.00. The molecule has 0 bridgehead atoms. The van der Waals surface area contributed by atoms with Gasteiger partial charge < -0.3 is 5.73 Å². The van der Waals surface area contributed by atoms with Gasteiger partial charge >= 0.3 is 0 Å². The van der Waals surface area contributed by atoms with Crippen LogP contribution in [0.25, 0.3) is 0 Å². The minimum atomic E-state index is 0.285. The Balaban J connectivity index is 1.55. The second kappa shape index (κ2) is 4.49. The molecule has 4 rings (SSSR count). The summed E-state index contributed by atoms with van der Waals surface area (Å²) in [6, 6.07) is 0.776. The molecule has 2 nitrogen and oxygen atoms in total. The van der Waals surface area contributed by atoms with Crippen LogP contribution in [0.3, 0.4) is 0 Å². The molecule has 1 saturated heterocycles. The highest BCUT2D eigenvalue weighted by Gasteiger charge is 2.51. The van der Waals surface area contributed by atoms with E-state index in [-0.39, 0.29) is 6.17 Å². The highest BCUT2D eigenvalue weighted by molar-refractivity contribution is 5.03. The van der Waals surface area contributed by atoms with Crippen molar-refractivity contribution in [1.82, 2.24) is 5.32 Å². The van der Waals surface area contributed by atoms with Crippen LogP contribution in [0.5, 0.6) is 0 Å². The summed E-state index contributed by atoms with van der Waals surface area (Å²) in [7, 11) is 0. The molecule has 18 heavy (non-hydrogen) atoms. The van der Waals surface area contributed by atoms with Gasteiger partial charge in [-0.3, -0.25) is 5.32 Å². The molecular weight excluding hydrogens is 220 g/mol. The van der Waals surface area contributed by atoms with Gasteiger partial charge in [0.05, 0.1) is 6.17 Å². The van der Waals surface area contributed by atoms with Gasteiger partial charge in [0.25, 0.3) is 0 Å². The maximum Gasteiger partial charge on any atom is 0.0548 e. The molecule has 3 N–H and O–H groups in total. The van der Waals surface area contributed by atoms with Crippen molar-refractivity contribution in [3.63, 3.8) is 0 Å². The van der Waals surface area contributed by atoms with Crippen LogP contribution in [-0.2, 0) is 0 Å². The first-order chi connectivity index (χ1) is 8.83. The molecule has 3 saturated carbocycles. The average Bonchev–Trinajstić information content (AvgIpc) is 2.78. The molecule has 1 heterocycles. The van der Waals surface area contributed by atoms with Gasteiger partial charge in [0.1, 0.15) is 0 Å². The number of piperidine rings is 1. The number of rotatable bonds is 0. The van der Waals surface area contributed by atoms with Gasteiger partial charge in [0.2, 0.25) is 0 Å². The lowest BCUT2D eigenvalue weighted by atomic mass is 9.66. The van der Waals surface area contributed by atoms with E-state index in [9.17, 15) is 0 Å². The largest absolute Gasteiger partial charge is 0.316 e. The number of hydrogen-bond acceptors (Lipinski definition) is 2. The van der Waals surface area contributed by atoms with Gasteiger partial charge in [-0.2, -0.15) is 0 Å². The Morgan fingerprint density at radius 2 is 1.56 bits per heavy atom. The number of nitrogens with one attached hydrogen (secondary N) is 1. The lowest BCUT2D eigenvalue weighted by Crippen LogP contribution is -2.57. The Hall–Kier alpha value is -0.0800. The van der Waals surface area contributed by atoms with Crippen LogP contribution in [0, 0.1) is 29.6 Å². The number of fused-ring (bicyclic) bond motifs is 5. The minimum absolute atomic E-state index is 0.285. The van der Waals surface area contributed by atoms with Gasteiger partial charge in [-0.05, 0) is 68.1 Å². The summed E-state index contributed by atoms with van der Waals surface area (Å²) >= 11 is 0. The van der Waals surface area contributed by atoms with E-state index < -0.39 is 0 Å². The molecule has 3 aliphatic carbocycles. The third kappa shape index (κ3) is 1.76. The van der Waals surface area contributed by atoms with Crippen molar-refractivity contribution in [2.45, 2.75) is 70.0 Å². The van der Waals surface area contributed by atoms with Crippen molar-refractivity contribution in [3.8, 4) is 0 Å². The molecule has 0 aromatic rings. The van der Waals surface area contributed by atoms with Gasteiger partial charge in [-0.15, -0.1) is 0 Å². The molecule has 0 radical (unpaired) electrons. The molecule has 0 aromatic heterocycles. The standard InChI is InChI=1S/C16H28N2/c17-15-8-6-10-5-7-13-12-4-2-1-3-11(12)9-14(13)16(10)18-15/h10-16,18H,1-9,17H2. The zero-order valence-corrected chi connectivity index (χ0v) is 11.5. The predicted molar refractivity (Wildman–Crippen MR) is 73.9 cm³/mol. The van der Waals surface area contributed by atoms with Crippen LogP contribution < -0.4 is 11.1 Å². The van der Waals surface area contributed by atoms with Crippen LogP contribution in [0.4, 0.5) is 0 Å². The van der Waals surface area contributed by atoms with E-state index in [1.807, 2.05) is 0 Å². The van der Waals surface area contributed by atoms with Gasteiger partial charge in [0, 0.05) is 6.04 Å². The topological polar surface area (TPSA) is 38.0 Å². The Morgan fingerprint density at radius 1 is 0.722 bits per heavy atom. The van der Waals surface area contributed by atoms with Crippen molar-refractivity contribution in [3.05, 3.63) is 0 Å². The Labute approximate surface area is 111 Å². The second-order valence-corrected chi connectivity index (χ2v) is 7.49. The van der Waals surface area contributed by atoms with Crippen LogP contribution in [0.1, 0.15) is 57.8 Å². The first kappa shape index (κ1) is 11.7. The first-order valence-corrected chi connectivity index (χ1v) is 8.34. The monoisotopic (exact) mass is 248 g/mol. The highest BCUT2D eigenvalue weighted by atomic mass is 15.1. The van der Waals surface area contributed by atoms with Gasteiger partial charge in [0.15, 0.2) is 0 Å². The van der Waals surface area contributed by atoms with Crippen LogP contribution in [0.2, 0.25) is 0 Å². The Bertz CT molecular complexity index is 316. The van der Waals surface area contributed by atoms with E-state index in [4.69, 9.17) is 5.73 Å². The van der Waals surface area contributed by atoms with Crippen molar-refractivity contribution in [2.24, 2.45) is 35.3 Å².